The molecule has 5 heteroatoms. The van der Waals surface area contributed by atoms with Crippen molar-refractivity contribution in [2.24, 2.45) is 0 Å². The number of allylic oxidation sites excluding steroid dienone is 1. The van der Waals surface area contributed by atoms with E-state index in [4.69, 9.17) is 16.3 Å². The Morgan fingerprint density at radius 3 is 2.46 bits per heavy atom. The van der Waals surface area contributed by atoms with E-state index in [0.717, 1.165) is 5.56 Å². The highest BCUT2D eigenvalue weighted by Crippen LogP contribution is 2.32. The molecular weight excluding hydrogens is 350 g/mol. The van der Waals surface area contributed by atoms with Crippen LogP contribution in [0.15, 0.2) is 60.4 Å². The van der Waals surface area contributed by atoms with Gasteiger partial charge in [0.25, 0.3) is 5.91 Å². The summed E-state index contributed by atoms with van der Waals surface area (Å²) in [6, 6.07) is 16.1. The first kappa shape index (κ1) is 18.2. The molecule has 0 saturated heterocycles. The SMILES string of the molecule is CC1=C(c2ccccc2)C(=O)N(C(C)(C)C(=O)c2cccc(Cl)c2)CO1. The second-order valence-corrected chi connectivity index (χ2v) is 7.14. The number of amides is 1. The number of hydrogen-bond acceptors (Lipinski definition) is 3. The van der Waals surface area contributed by atoms with E-state index in [0.29, 0.717) is 21.9 Å². The normalized spacial score (nSPS) is 15.1. The molecule has 0 fully saturated rings. The second kappa shape index (κ2) is 6.96. The molecule has 1 aliphatic heterocycles. The Balaban J connectivity index is 1.96. The van der Waals surface area contributed by atoms with E-state index in [2.05, 4.69) is 0 Å². The van der Waals surface area contributed by atoms with Crippen LogP contribution in [-0.2, 0) is 9.53 Å². The van der Waals surface area contributed by atoms with Gasteiger partial charge in [-0.15, -0.1) is 0 Å². The summed E-state index contributed by atoms with van der Waals surface area (Å²) >= 11 is 6.01. The van der Waals surface area contributed by atoms with Gasteiger partial charge in [0, 0.05) is 10.6 Å². The Hall–Kier alpha value is -2.59. The number of carbonyl (C=O) groups is 2. The fourth-order valence-electron chi connectivity index (χ4n) is 3.03. The average Bonchev–Trinajstić information content (AvgIpc) is 2.61. The Bertz CT molecular complexity index is 887. The number of hydrogen-bond donors (Lipinski definition) is 0. The first-order valence-corrected chi connectivity index (χ1v) is 8.71. The van der Waals surface area contributed by atoms with Crippen molar-refractivity contribution < 1.29 is 14.3 Å². The van der Waals surface area contributed by atoms with Crippen LogP contribution in [0.1, 0.15) is 36.7 Å². The topological polar surface area (TPSA) is 46.6 Å². The van der Waals surface area contributed by atoms with Crippen molar-refractivity contribution in [3.8, 4) is 0 Å². The molecule has 0 aliphatic carbocycles. The first-order chi connectivity index (χ1) is 12.3. The van der Waals surface area contributed by atoms with Crippen molar-refractivity contribution in [2.75, 3.05) is 6.73 Å². The summed E-state index contributed by atoms with van der Waals surface area (Å²) in [7, 11) is 0. The molecule has 1 heterocycles. The molecule has 4 nitrogen and oxygen atoms in total. The van der Waals surface area contributed by atoms with Gasteiger partial charge < -0.3 is 4.74 Å². The Morgan fingerprint density at radius 2 is 1.81 bits per heavy atom. The molecule has 1 amide bonds. The number of benzene rings is 2. The van der Waals surface area contributed by atoms with E-state index in [1.807, 2.05) is 30.3 Å². The lowest BCUT2D eigenvalue weighted by molar-refractivity contribution is -0.136. The molecule has 0 spiro atoms. The largest absolute Gasteiger partial charge is 0.477 e. The minimum absolute atomic E-state index is 0.0281. The monoisotopic (exact) mass is 369 g/mol. The van der Waals surface area contributed by atoms with Gasteiger partial charge >= 0.3 is 0 Å². The smallest absolute Gasteiger partial charge is 0.261 e. The van der Waals surface area contributed by atoms with Crippen LogP contribution in [0.5, 0.6) is 0 Å². The lowest BCUT2D eigenvalue weighted by Gasteiger charge is -2.40. The zero-order valence-electron chi connectivity index (χ0n) is 15.0. The highest BCUT2D eigenvalue weighted by molar-refractivity contribution is 6.31. The number of ether oxygens (including phenoxy) is 1. The van der Waals surface area contributed by atoms with E-state index in [9.17, 15) is 9.59 Å². The van der Waals surface area contributed by atoms with Gasteiger partial charge in [-0.25, -0.2) is 0 Å². The van der Waals surface area contributed by atoms with Crippen molar-refractivity contribution in [1.29, 1.82) is 0 Å². The molecule has 0 radical (unpaired) electrons. The molecule has 0 saturated carbocycles. The summed E-state index contributed by atoms with van der Waals surface area (Å²) in [5, 5.41) is 0.480. The minimum atomic E-state index is -1.08. The van der Waals surface area contributed by atoms with Crippen LogP contribution in [0.4, 0.5) is 0 Å². The van der Waals surface area contributed by atoms with Gasteiger partial charge in [-0.05, 0) is 38.5 Å². The summed E-state index contributed by atoms with van der Waals surface area (Å²) in [6.45, 7) is 5.24. The summed E-state index contributed by atoms with van der Waals surface area (Å²) < 4.78 is 5.73. The average molecular weight is 370 g/mol. The quantitative estimate of drug-likeness (QED) is 0.743. The van der Waals surface area contributed by atoms with Crippen molar-refractivity contribution in [2.45, 2.75) is 26.3 Å². The van der Waals surface area contributed by atoms with Gasteiger partial charge in [0.1, 0.15) is 11.3 Å². The maximum Gasteiger partial charge on any atom is 0.261 e. The Labute approximate surface area is 158 Å². The van der Waals surface area contributed by atoms with Crippen LogP contribution in [0.25, 0.3) is 5.57 Å². The van der Waals surface area contributed by atoms with Crippen molar-refractivity contribution >= 4 is 28.9 Å². The fourth-order valence-corrected chi connectivity index (χ4v) is 3.22. The third kappa shape index (κ3) is 3.25. The molecule has 0 unspecified atom stereocenters. The van der Waals surface area contributed by atoms with Gasteiger partial charge in [0.05, 0.1) is 5.57 Å². The molecule has 2 aromatic carbocycles. The molecule has 26 heavy (non-hydrogen) atoms. The van der Waals surface area contributed by atoms with Crippen molar-refractivity contribution in [1.82, 2.24) is 4.90 Å². The second-order valence-electron chi connectivity index (χ2n) is 6.70. The van der Waals surface area contributed by atoms with E-state index in [1.54, 1.807) is 45.0 Å². The fraction of sp³-hybridized carbons (Fsp3) is 0.238. The predicted octanol–water partition coefficient (Wildman–Crippen LogP) is 4.55. The third-order valence-electron chi connectivity index (χ3n) is 4.60. The predicted molar refractivity (Wildman–Crippen MR) is 102 cm³/mol. The molecular formula is C21H20ClNO3. The van der Waals surface area contributed by atoms with Gasteiger partial charge in [-0.2, -0.15) is 0 Å². The van der Waals surface area contributed by atoms with Gasteiger partial charge in [-0.1, -0.05) is 54.1 Å². The van der Waals surface area contributed by atoms with Crippen molar-refractivity contribution in [3.63, 3.8) is 0 Å². The number of Topliss-reactive ketones (excluding diaryl/α,β-unsaturated/α-hetero) is 1. The van der Waals surface area contributed by atoms with Crippen LogP contribution < -0.4 is 0 Å². The summed E-state index contributed by atoms with van der Waals surface area (Å²) in [5.74, 6) is 0.146. The molecule has 0 aromatic heterocycles. The third-order valence-corrected chi connectivity index (χ3v) is 4.84. The minimum Gasteiger partial charge on any atom is -0.477 e. The summed E-state index contributed by atoms with van der Waals surface area (Å²) in [6.07, 6.45) is 0. The van der Waals surface area contributed by atoms with E-state index in [-0.39, 0.29) is 18.4 Å². The van der Waals surface area contributed by atoms with Crippen molar-refractivity contribution in [3.05, 3.63) is 76.5 Å². The highest BCUT2D eigenvalue weighted by atomic mass is 35.5. The van der Waals surface area contributed by atoms with Gasteiger partial charge in [0.2, 0.25) is 0 Å². The molecule has 3 rings (SSSR count). The lowest BCUT2D eigenvalue weighted by Crippen LogP contribution is -2.55. The number of halogens is 1. The van der Waals surface area contributed by atoms with E-state index < -0.39 is 5.54 Å². The maximum atomic E-state index is 13.2. The molecule has 134 valence electrons. The van der Waals surface area contributed by atoms with Crippen LogP contribution in [0, 0.1) is 0 Å². The summed E-state index contributed by atoms with van der Waals surface area (Å²) in [5.41, 5.74) is 0.625. The molecule has 0 bridgehead atoms. The standard InChI is InChI=1S/C21H20ClNO3/c1-14-18(15-8-5-4-6-9-15)20(25)23(13-26-14)21(2,3)19(24)16-10-7-11-17(22)12-16/h4-12H,13H2,1-3H3. The maximum absolute atomic E-state index is 13.2. The van der Waals surface area contributed by atoms with Crippen LogP contribution in [-0.4, -0.2) is 28.9 Å². The van der Waals surface area contributed by atoms with Crippen LogP contribution in [0.3, 0.4) is 0 Å². The number of carbonyl (C=O) groups excluding carboxylic acids is 2. The number of ketones is 1. The zero-order valence-corrected chi connectivity index (χ0v) is 15.7. The van der Waals surface area contributed by atoms with Crippen LogP contribution in [0.2, 0.25) is 5.02 Å². The number of rotatable bonds is 4. The zero-order chi connectivity index (χ0) is 18.9. The molecule has 0 atom stereocenters. The molecule has 2 aromatic rings. The van der Waals surface area contributed by atoms with E-state index >= 15 is 0 Å². The van der Waals surface area contributed by atoms with E-state index in [1.165, 1.54) is 4.90 Å². The highest BCUT2D eigenvalue weighted by Gasteiger charge is 2.42. The lowest BCUT2D eigenvalue weighted by atomic mass is 9.89. The molecule has 1 aliphatic rings. The first-order valence-electron chi connectivity index (χ1n) is 8.34. The number of nitrogens with zero attached hydrogens (tertiary/aromatic N) is 1. The van der Waals surface area contributed by atoms with Gasteiger partial charge in [-0.3, -0.25) is 14.5 Å². The molecule has 0 N–H and O–H groups in total. The Kier molecular flexibility index (Phi) is 4.88. The van der Waals surface area contributed by atoms with Gasteiger partial charge in [0.15, 0.2) is 12.5 Å². The van der Waals surface area contributed by atoms with Crippen LogP contribution >= 0.6 is 11.6 Å². The Morgan fingerprint density at radius 1 is 1.12 bits per heavy atom. The summed E-state index contributed by atoms with van der Waals surface area (Å²) in [4.78, 5) is 27.7.